The minimum absolute atomic E-state index is 0. The summed E-state index contributed by atoms with van der Waals surface area (Å²) >= 11 is 0. The molecule has 1 aliphatic heterocycles. The Bertz CT molecular complexity index is 2640. The molecule has 0 amide bonds. The van der Waals surface area contributed by atoms with Crippen molar-refractivity contribution >= 4 is 44.6 Å². The van der Waals surface area contributed by atoms with Gasteiger partial charge in [0.25, 0.3) is 0 Å². The second kappa shape index (κ2) is 13.9. The molecule has 3 aromatic heterocycles. The summed E-state index contributed by atoms with van der Waals surface area (Å²) in [5.41, 5.74) is 11.8. The monoisotopic (exact) mass is 883 g/mol. The van der Waals surface area contributed by atoms with E-state index in [-0.39, 0.29) is 26.5 Å². The van der Waals surface area contributed by atoms with Crippen molar-refractivity contribution in [1.82, 2.24) is 14.5 Å². The first kappa shape index (κ1) is 35.3. The van der Waals surface area contributed by atoms with Crippen LogP contribution < -0.4 is 14.5 Å². The molecule has 9 rings (SSSR count). The molecule has 4 heterocycles. The number of anilines is 4. The third kappa shape index (κ3) is 6.25. The summed E-state index contributed by atoms with van der Waals surface area (Å²) in [6.07, 6.45) is 3.73. The van der Waals surface area contributed by atoms with Crippen molar-refractivity contribution in [2.24, 2.45) is 0 Å². The molecular weight excluding hydrogens is 846 g/mol. The maximum Gasteiger partial charge on any atom is 0.135 e. The standard InChI is InChI=1S/C47H38N5O.Pt/c1-31-25-33(40-16-10-11-23-48-40)26-32(2)46(31)51-30-50(42-18-8-9-19-43(42)51)35-13-12-14-36(28-35)53-37-20-21-39-38-15-6-7-17-41(38)52(44(39)29-37)45-27-34(22-24-49-45)47(3,4)5;/h6-27,30H,1-5H3;/q-3;. The molecule has 0 saturated carbocycles. The number of aromatic nitrogens is 3. The Morgan fingerprint density at radius 1 is 0.648 bits per heavy atom. The van der Waals surface area contributed by atoms with Crippen LogP contribution in [0.5, 0.6) is 11.5 Å². The number of pyridine rings is 2. The third-order valence-electron chi connectivity index (χ3n) is 9.95. The molecule has 0 radical (unpaired) electrons. The van der Waals surface area contributed by atoms with E-state index in [4.69, 9.17) is 9.72 Å². The summed E-state index contributed by atoms with van der Waals surface area (Å²) in [6.45, 7) is 13.1. The van der Waals surface area contributed by atoms with Crippen LogP contribution in [0.25, 0.3) is 38.9 Å². The van der Waals surface area contributed by atoms with E-state index in [2.05, 4.69) is 164 Å². The number of fused-ring (bicyclic) bond motifs is 4. The number of aryl methyl sites for hydroxylation is 2. The summed E-state index contributed by atoms with van der Waals surface area (Å²) in [4.78, 5) is 13.9. The SMILES string of the molecule is Cc1cc(-c2ccccn2)cc(C)c1N1[CH-]N(c2[c-]c(Oc3[c-]c4c(cc3)c3ccccc3n4-c3cc(C(C)(C)C)ccn3)ccc2)c2ccccc21.[Pt]. The Morgan fingerprint density at radius 3 is 2.13 bits per heavy atom. The van der Waals surface area contributed by atoms with Crippen molar-refractivity contribution in [2.75, 3.05) is 9.80 Å². The summed E-state index contributed by atoms with van der Waals surface area (Å²) in [5.74, 6) is 2.06. The number of hydrogen-bond acceptors (Lipinski definition) is 5. The largest absolute Gasteiger partial charge is 0.509 e. The second-order valence-corrected chi connectivity index (χ2v) is 14.6. The van der Waals surface area contributed by atoms with Crippen LogP contribution in [0.15, 0.2) is 134 Å². The number of nitrogens with zero attached hydrogens (tertiary/aromatic N) is 5. The van der Waals surface area contributed by atoms with Crippen molar-refractivity contribution in [3.8, 4) is 28.6 Å². The van der Waals surface area contributed by atoms with Gasteiger partial charge < -0.3 is 19.1 Å². The van der Waals surface area contributed by atoms with Gasteiger partial charge in [-0.3, -0.25) is 4.98 Å². The molecule has 7 heteroatoms. The Morgan fingerprint density at radius 2 is 1.37 bits per heavy atom. The summed E-state index contributed by atoms with van der Waals surface area (Å²) < 4.78 is 8.72. The Labute approximate surface area is 331 Å². The zero-order valence-electron chi connectivity index (χ0n) is 30.7. The first-order valence-electron chi connectivity index (χ1n) is 17.9. The van der Waals surface area contributed by atoms with Crippen LogP contribution in [-0.2, 0) is 26.5 Å². The van der Waals surface area contributed by atoms with Gasteiger partial charge in [0.15, 0.2) is 0 Å². The van der Waals surface area contributed by atoms with Crippen molar-refractivity contribution in [1.29, 1.82) is 0 Å². The van der Waals surface area contributed by atoms with E-state index >= 15 is 0 Å². The molecule has 0 fully saturated rings. The summed E-state index contributed by atoms with van der Waals surface area (Å²) in [6, 6.07) is 48.9. The number of ether oxygens (including phenoxy) is 1. The smallest absolute Gasteiger partial charge is 0.135 e. The van der Waals surface area contributed by atoms with E-state index in [1.54, 1.807) is 0 Å². The average Bonchev–Trinajstić information content (AvgIpc) is 3.71. The molecular formula is C47H38N5OPt-3. The molecule has 0 aliphatic carbocycles. The van der Waals surface area contributed by atoms with Crippen LogP contribution in [0, 0.1) is 32.6 Å². The molecule has 5 aromatic carbocycles. The van der Waals surface area contributed by atoms with Gasteiger partial charge in [-0.1, -0.05) is 62.7 Å². The van der Waals surface area contributed by atoms with Crippen LogP contribution in [0.2, 0.25) is 0 Å². The maximum atomic E-state index is 6.54. The van der Waals surface area contributed by atoms with Crippen molar-refractivity contribution in [3.05, 3.63) is 169 Å². The van der Waals surface area contributed by atoms with Crippen LogP contribution >= 0.6 is 0 Å². The number of para-hydroxylation sites is 3. The van der Waals surface area contributed by atoms with Crippen LogP contribution in [0.3, 0.4) is 0 Å². The quantitative estimate of drug-likeness (QED) is 0.156. The minimum atomic E-state index is -0.0119. The van der Waals surface area contributed by atoms with E-state index < -0.39 is 0 Å². The van der Waals surface area contributed by atoms with Gasteiger partial charge >= 0.3 is 0 Å². The number of hydrogen-bond donors (Lipinski definition) is 0. The molecule has 0 bridgehead atoms. The first-order chi connectivity index (χ1) is 25.7. The summed E-state index contributed by atoms with van der Waals surface area (Å²) in [7, 11) is 0. The second-order valence-electron chi connectivity index (χ2n) is 14.6. The van der Waals surface area contributed by atoms with Crippen LogP contribution in [0.1, 0.15) is 37.5 Å². The number of benzene rings is 5. The van der Waals surface area contributed by atoms with Crippen molar-refractivity contribution in [3.63, 3.8) is 0 Å². The van der Waals surface area contributed by atoms with Gasteiger partial charge in [-0.25, -0.2) is 4.98 Å². The van der Waals surface area contributed by atoms with Crippen LogP contribution in [0.4, 0.5) is 22.7 Å². The normalized spacial score (nSPS) is 12.6. The maximum absolute atomic E-state index is 6.54. The fourth-order valence-electron chi connectivity index (χ4n) is 7.43. The molecule has 0 unspecified atom stereocenters. The topological polar surface area (TPSA) is 46.4 Å². The molecule has 6 nitrogen and oxygen atoms in total. The van der Waals surface area contributed by atoms with Gasteiger partial charge in [-0.15, -0.1) is 48.1 Å². The van der Waals surface area contributed by atoms with Crippen molar-refractivity contribution in [2.45, 2.75) is 40.0 Å². The first-order valence-corrected chi connectivity index (χ1v) is 17.9. The Balaban J connectivity index is 0.00000413. The van der Waals surface area contributed by atoms with E-state index in [0.717, 1.165) is 61.6 Å². The van der Waals surface area contributed by atoms with Gasteiger partial charge in [0.1, 0.15) is 5.82 Å². The molecule has 1 aliphatic rings. The van der Waals surface area contributed by atoms with Crippen LogP contribution in [-0.4, -0.2) is 14.5 Å². The predicted molar refractivity (Wildman–Crippen MR) is 216 cm³/mol. The molecule has 8 aromatic rings. The molecule has 0 N–H and O–H groups in total. The predicted octanol–water partition coefficient (Wildman–Crippen LogP) is 12.0. The zero-order valence-corrected chi connectivity index (χ0v) is 33.0. The summed E-state index contributed by atoms with van der Waals surface area (Å²) in [5, 5.41) is 2.24. The van der Waals surface area contributed by atoms with E-state index in [1.165, 1.54) is 16.7 Å². The molecule has 270 valence electrons. The molecule has 0 atom stereocenters. The van der Waals surface area contributed by atoms with Gasteiger partial charge in [0.2, 0.25) is 0 Å². The fourth-order valence-corrected chi connectivity index (χ4v) is 7.43. The third-order valence-corrected chi connectivity index (χ3v) is 9.95. The van der Waals surface area contributed by atoms with Gasteiger partial charge in [-0.2, -0.15) is 12.1 Å². The molecule has 0 saturated heterocycles. The minimum Gasteiger partial charge on any atom is -0.509 e. The molecule has 54 heavy (non-hydrogen) atoms. The fraction of sp³-hybridized carbons (Fsp3) is 0.128. The Kier molecular flexibility index (Phi) is 9.11. The van der Waals surface area contributed by atoms with E-state index in [1.807, 2.05) is 42.7 Å². The van der Waals surface area contributed by atoms with Gasteiger partial charge in [-0.05, 0) is 95.9 Å². The van der Waals surface area contributed by atoms with E-state index in [0.29, 0.717) is 11.5 Å². The van der Waals surface area contributed by atoms with Gasteiger partial charge in [0, 0.05) is 73.1 Å². The zero-order chi connectivity index (χ0) is 36.3. The Hall–Kier alpha value is -5.71. The average molecular weight is 884 g/mol. The van der Waals surface area contributed by atoms with Crippen molar-refractivity contribution < 1.29 is 25.8 Å². The number of rotatable bonds is 6. The molecule has 0 spiro atoms. The van der Waals surface area contributed by atoms with Gasteiger partial charge in [0.05, 0.1) is 5.69 Å². The van der Waals surface area contributed by atoms with E-state index in [9.17, 15) is 0 Å².